The number of aromatic nitrogens is 2. The van der Waals surface area contributed by atoms with Crippen LogP contribution in [0.5, 0.6) is 0 Å². The van der Waals surface area contributed by atoms with Gasteiger partial charge < -0.3 is 16.0 Å². The van der Waals surface area contributed by atoms with Gasteiger partial charge in [0.1, 0.15) is 17.7 Å². The molecule has 0 saturated heterocycles. The maximum Gasteiger partial charge on any atom is 0.242 e. The average molecular weight is 416 g/mol. The minimum absolute atomic E-state index is 0.141. The Hall–Kier alpha value is -2.70. The molecule has 0 spiro atoms. The topological polar surface area (TPSA) is 78.9 Å². The highest BCUT2D eigenvalue weighted by Gasteiger charge is 2.20. The van der Waals surface area contributed by atoms with E-state index in [0.29, 0.717) is 24.1 Å². The van der Waals surface area contributed by atoms with Gasteiger partial charge in [0.25, 0.3) is 0 Å². The van der Waals surface area contributed by atoms with Crippen molar-refractivity contribution in [3.63, 3.8) is 0 Å². The van der Waals surface area contributed by atoms with Crippen molar-refractivity contribution in [3.05, 3.63) is 47.4 Å². The van der Waals surface area contributed by atoms with Gasteiger partial charge in [0.15, 0.2) is 0 Å². The average Bonchev–Trinajstić information content (AvgIpc) is 2.65. The van der Waals surface area contributed by atoms with Gasteiger partial charge in [0.05, 0.1) is 0 Å². The summed E-state index contributed by atoms with van der Waals surface area (Å²) in [5, 5.41) is 9.49. The Bertz CT molecular complexity index is 827. The van der Waals surface area contributed by atoms with Gasteiger partial charge in [0, 0.05) is 24.3 Å². The Morgan fingerprint density at radius 1 is 1.13 bits per heavy atom. The second kappa shape index (κ2) is 11.5. The van der Waals surface area contributed by atoms with Crippen molar-refractivity contribution in [1.29, 1.82) is 0 Å². The van der Waals surface area contributed by atoms with E-state index in [4.69, 9.17) is 0 Å². The van der Waals surface area contributed by atoms with E-state index in [2.05, 4.69) is 53.6 Å². The largest absolute Gasteiger partial charge is 0.358 e. The number of rotatable bonds is 11. The minimum atomic E-state index is -0.450. The zero-order valence-electron chi connectivity index (χ0n) is 18.6. The Balaban J connectivity index is 2.09. The molecule has 164 valence electrons. The molecular formula is C23H34FN5O. The molecule has 1 amide bonds. The van der Waals surface area contributed by atoms with E-state index in [-0.39, 0.29) is 24.3 Å². The first-order valence-corrected chi connectivity index (χ1v) is 10.7. The molecule has 1 aromatic carbocycles. The number of benzene rings is 1. The van der Waals surface area contributed by atoms with Crippen molar-refractivity contribution in [3.8, 4) is 0 Å². The number of carbonyl (C=O) groups is 1. The molecule has 0 aliphatic carbocycles. The van der Waals surface area contributed by atoms with E-state index in [1.54, 1.807) is 12.1 Å². The molecule has 0 aliphatic rings. The molecule has 2 rings (SSSR count). The van der Waals surface area contributed by atoms with E-state index < -0.39 is 6.04 Å². The summed E-state index contributed by atoms with van der Waals surface area (Å²) in [6.07, 6.45) is 2.75. The first-order valence-electron chi connectivity index (χ1n) is 10.7. The zero-order chi connectivity index (χ0) is 22.1. The summed E-state index contributed by atoms with van der Waals surface area (Å²) >= 11 is 0. The Morgan fingerprint density at radius 3 is 2.57 bits per heavy atom. The molecule has 0 radical (unpaired) electrons. The lowest BCUT2D eigenvalue weighted by Gasteiger charge is -2.21. The molecule has 0 saturated carbocycles. The van der Waals surface area contributed by atoms with Crippen LogP contribution in [0.1, 0.15) is 58.2 Å². The van der Waals surface area contributed by atoms with Gasteiger partial charge in [-0.3, -0.25) is 4.79 Å². The van der Waals surface area contributed by atoms with Crippen LogP contribution in [0, 0.1) is 18.7 Å². The lowest BCUT2D eigenvalue weighted by molar-refractivity contribution is -0.122. The quantitative estimate of drug-likeness (QED) is 0.497. The zero-order valence-corrected chi connectivity index (χ0v) is 18.6. The number of nitrogens with one attached hydrogen (secondary N) is 3. The van der Waals surface area contributed by atoms with E-state index in [1.165, 1.54) is 12.1 Å². The number of hydrogen-bond acceptors (Lipinski definition) is 5. The molecule has 2 aromatic rings. The second-order valence-electron chi connectivity index (χ2n) is 8.23. The van der Waals surface area contributed by atoms with Crippen molar-refractivity contribution in [2.45, 2.75) is 72.5 Å². The lowest BCUT2D eigenvalue weighted by atomic mass is 10.0. The van der Waals surface area contributed by atoms with Crippen LogP contribution in [-0.2, 0) is 11.3 Å². The summed E-state index contributed by atoms with van der Waals surface area (Å²) in [6.45, 7) is 10.6. The Kier molecular flexibility index (Phi) is 9.02. The molecule has 1 unspecified atom stereocenters. The normalized spacial score (nSPS) is 13.0. The second-order valence-corrected chi connectivity index (χ2v) is 8.23. The molecule has 0 aliphatic heterocycles. The van der Waals surface area contributed by atoms with Crippen LogP contribution in [0.15, 0.2) is 30.3 Å². The number of nitrogens with zero attached hydrogens (tertiary/aromatic N) is 2. The van der Waals surface area contributed by atoms with E-state index >= 15 is 0 Å². The van der Waals surface area contributed by atoms with Crippen molar-refractivity contribution < 1.29 is 9.18 Å². The summed E-state index contributed by atoms with van der Waals surface area (Å²) in [5.74, 6) is 1.03. The van der Waals surface area contributed by atoms with E-state index in [0.717, 1.165) is 24.1 Å². The third-order valence-corrected chi connectivity index (χ3v) is 4.65. The van der Waals surface area contributed by atoms with Gasteiger partial charge in [-0.15, -0.1) is 0 Å². The summed E-state index contributed by atoms with van der Waals surface area (Å²) in [4.78, 5) is 21.9. The van der Waals surface area contributed by atoms with E-state index in [9.17, 15) is 9.18 Å². The summed E-state index contributed by atoms with van der Waals surface area (Å²) < 4.78 is 13.4. The summed E-state index contributed by atoms with van der Waals surface area (Å²) in [5.41, 5.74) is 1.54. The van der Waals surface area contributed by atoms with Crippen LogP contribution >= 0.6 is 0 Å². The molecule has 7 heteroatoms. The van der Waals surface area contributed by atoms with Crippen LogP contribution in [0.3, 0.4) is 0 Å². The van der Waals surface area contributed by atoms with Gasteiger partial charge in [-0.05, 0) is 50.3 Å². The number of halogens is 1. The molecule has 1 aromatic heterocycles. The molecule has 30 heavy (non-hydrogen) atoms. The number of carbonyl (C=O) groups excluding carboxylic acids is 1. The molecule has 1 heterocycles. The number of hydrogen-bond donors (Lipinski definition) is 3. The fraction of sp³-hybridized carbons (Fsp3) is 0.522. The van der Waals surface area contributed by atoms with Crippen LogP contribution in [0.2, 0.25) is 0 Å². The predicted octanol–water partition coefficient (Wildman–Crippen LogP) is 4.67. The van der Waals surface area contributed by atoms with Gasteiger partial charge >= 0.3 is 0 Å². The van der Waals surface area contributed by atoms with Crippen molar-refractivity contribution >= 4 is 17.7 Å². The molecule has 0 fully saturated rings. The van der Waals surface area contributed by atoms with Crippen molar-refractivity contribution in [2.75, 3.05) is 10.6 Å². The molecule has 0 bridgehead atoms. The first-order chi connectivity index (χ1) is 14.3. The SMILES string of the molecule is CCCC(C)Nc1nc(C)cc(N[C@@H](CC(C)C)C(=O)NCc2cccc(F)c2)n1. The summed E-state index contributed by atoms with van der Waals surface area (Å²) in [7, 11) is 0. The third-order valence-electron chi connectivity index (χ3n) is 4.65. The van der Waals surface area contributed by atoms with Gasteiger partial charge in [-0.2, -0.15) is 4.98 Å². The summed E-state index contributed by atoms with van der Waals surface area (Å²) in [6, 6.07) is 7.89. The molecule has 2 atom stereocenters. The van der Waals surface area contributed by atoms with Crippen LogP contribution < -0.4 is 16.0 Å². The fourth-order valence-corrected chi connectivity index (χ4v) is 3.27. The maximum atomic E-state index is 13.4. The van der Waals surface area contributed by atoms with Gasteiger partial charge in [-0.25, -0.2) is 9.37 Å². The first kappa shape index (κ1) is 23.6. The number of amides is 1. The fourth-order valence-electron chi connectivity index (χ4n) is 3.27. The van der Waals surface area contributed by atoms with Crippen molar-refractivity contribution in [2.24, 2.45) is 5.92 Å². The monoisotopic (exact) mass is 415 g/mol. The molecule has 6 nitrogen and oxygen atoms in total. The minimum Gasteiger partial charge on any atom is -0.358 e. The highest BCUT2D eigenvalue weighted by atomic mass is 19.1. The van der Waals surface area contributed by atoms with Crippen LogP contribution in [0.25, 0.3) is 0 Å². The van der Waals surface area contributed by atoms with Gasteiger partial charge in [-0.1, -0.05) is 39.3 Å². The number of anilines is 2. The maximum absolute atomic E-state index is 13.4. The lowest BCUT2D eigenvalue weighted by Crippen LogP contribution is -2.40. The van der Waals surface area contributed by atoms with E-state index in [1.807, 2.05) is 13.0 Å². The predicted molar refractivity (Wildman–Crippen MR) is 120 cm³/mol. The number of aryl methyl sites for hydroxylation is 1. The van der Waals surface area contributed by atoms with Crippen LogP contribution in [-0.4, -0.2) is 28.0 Å². The third kappa shape index (κ3) is 7.97. The van der Waals surface area contributed by atoms with Crippen molar-refractivity contribution in [1.82, 2.24) is 15.3 Å². The highest BCUT2D eigenvalue weighted by Crippen LogP contribution is 2.16. The van der Waals surface area contributed by atoms with Crippen LogP contribution in [0.4, 0.5) is 16.2 Å². The highest BCUT2D eigenvalue weighted by molar-refractivity contribution is 5.84. The smallest absolute Gasteiger partial charge is 0.242 e. The standard InChI is InChI=1S/C23H34FN5O/c1-6-8-16(4)26-23-27-17(5)12-21(29-23)28-20(11-15(2)3)22(30)25-14-18-9-7-10-19(24)13-18/h7,9-10,12-13,15-16,20H,6,8,11,14H2,1-5H3,(H,25,30)(H2,26,27,28,29)/t16?,20-/m0/s1. The van der Waals surface area contributed by atoms with Gasteiger partial charge in [0.2, 0.25) is 11.9 Å². The Morgan fingerprint density at radius 2 is 1.90 bits per heavy atom. The molecular weight excluding hydrogens is 381 g/mol. The Labute approximate surface area is 179 Å². The molecule has 3 N–H and O–H groups in total.